The second-order valence-electron chi connectivity index (χ2n) is 3.40. The van der Waals surface area contributed by atoms with Crippen molar-refractivity contribution in [2.24, 2.45) is 0 Å². The first kappa shape index (κ1) is 10.7. The van der Waals surface area contributed by atoms with E-state index in [1.165, 1.54) is 13.2 Å². The fraction of sp³-hybridized carbons (Fsp3) is 0.778. The third-order valence-electron chi connectivity index (χ3n) is 2.34. The van der Waals surface area contributed by atoms with Crippen LogP contribution in [-0.2, 0) is 9.47 Å². The lowest BCUT2D eigenvalue weighted by Crippen LogP contribution is -2.56. The van der Waals surface area contributed by atoms with Gasteiger partial charge in [0.25, 0.3) is 0 Å². The van der Waals surface area contributed by atoms with Crippen LogP contribution in [0, 0.1) is 0 Å². The molecule has 4 heteroatoms. The molecular weight excluding hydrogens is 172 g/mol. The molecule has 4 unspecified atom stereocenters. The molecule has 0 aromatic rings. The minimum Gasteiger partial charge on any atom is -0.384 e. The van der Waals surface area contributed by atoms with Gasteiger partial charge in [-0.2, -0.15) is 0 Å². The smallest absolute Gasteiger partial charge is 0.186 e. The quantitative estimate of drug-likeness (QED) is 0.601. The van der Waals surface area contributed by atoms with Gasteiger partial charge in [0.15, 0.2) is 6.29 Å². The second kappa shape index (κ2) is 3.75. The highest BCUT2D eigenvalue weighted by Gasteiger charge is 2.45. The summed E-state index contributed by atoms with van der Waals surface area (Å²) >= 11 is 0. The van der Waals surface area contributed by atoms with Gasteiger partial charge in [-0.3, -0.25) is 0 Å². The van der Waals surface area contributed by atoms with Gasteiger partial charge in [0, 0.05) is 13.5 Å². The third kappa shape index (κ3) is 1.91. The van der Waals surface area contributed by atoms with E-state index in [1.807, 2.05) is 6.92 Å². The number of aliphatic hydroxyl groups is 2. The van der Waals surface area contributed by atoms with Crippen LogP contribution in [0.2, 0.25) is 0 Å². The lowest BCUT2D eigenvalue weighted by molar-refractivity contribution is -0.272. The summed E-state index contributed by atoms with van der Waals surface area (Å²) in [4.78, 5) is 0. The van der Waals surface area contributed by atoms with E-state index in [9.17, 15) is 10.2 Å². The molecule has 0 bridgehead atoms. The largest absolute Gasteiger partial charge is 0.384 e. The van der Waals surface area contributed by atoms with Crippen LogP contribution in [0.15, 0.2) is 12.7 Å². The third-order valence-corrected chi connectivity index (χ3v) is 2.34. The zero-order chi connectivity index (χ0) is 10.1. The van der Waals surface area contributed by atoms with Gasteiger partial charge in [0.1, 0.15) is 11.7 Å². The first-order valence-corrected chi connectivity index (χ1v) is 4.26. The molecule has 13 heavy (non-hydrogen) atoms. The molecule has 0 aromatic carbocycles. The molecule has 4 nitrogen and oxygen atoms in total. The monoisotopic (exact) mass is 188 g/mol. The molecule has 0 spiro atoms. The molecular formula is C9H16O4. The SMILES string of the molecule is C=CC1(O)CC(C)OC(OC)C1O. The Morgan fingerprint density at radius 2 is 2.31 bits per heavy atom. The van der Waals surface area contributed by atoms with Crippen molar-refractivity contribution in [3.63, 3.8) is 0 Å². The van der Waals surface area contributed by atoms with Crippen molar-refractivity contribution in [3.05, 3.63) is 12.7 Å². The van der Waals surface area contributed by atoms with Crippen molar-refractivity contribution in [1.29, 1.82) is 0 Å². The molecule has 2 N–H and O–H groups in total. The summed E-state index contributed by atoms with van der Waals surface area (Å²) in [5.74, 6) is 0. The Morgan fingerprint density at radius 3 is 2.77 bits per heavy atom. The van der Waals surface area contributed by atoms with Crippen molar-refractivity contribution in [2.75, 3.05) is 7.11 Å². The average Bonchev–Trinajstić information content (AvgIpc) is 2.11. The highest BCUT2D eigenvalue weighted by atomic mass is 16.7. The standard InChI is InChI=1S/C9H16O4/c1-4-9(11)5-6(2)13-8(12-3)7(9)10/h4,6-8,10-11H,1,5H2,2-3H3. The minimum absolute atomic E-state index is 0.156. The van der Waals surface area contributed by atoms with Gasteiger partial charge in [-0.15, -0.1) is 6.58 Å². The van der Waals surface area contributed by atoms with Gasteiger partial charge < -0.3 is 19.7 Å². The molecule has 1 heterocycles. The topological polar surface area (TPSA) is 58.9 Å². The van der Waals surface area contributed by atoms with E-state index in [-0.39, 0.29) is 6.10 Å². The van der Waals surface area contributed by atoms with Gasteiger partial charge >= 0.3 is 0 Å². The zero-order valence-electron chi connectivity index (χ0n) is 7.93. The molecule has 0 radical (unpaired) electrons. The van der Waals surface area contributed by atoms with E-state index in [2.05, 4.69) is 6.58 Å². The summed E-state index contributed by atoms with van der Waals surface area (Å²) in [6.07, 6.45) is -0.352. The molecule has 1 aliphatic rings. The molecule has 0 saturated carbocycles. The van der Waals surface area contributed by atoms with Crippen molar-refractivity contribution >= 4 is 0 Å². The van der Waals surface area contributed by atoms with E-state index in [4.69, 9.17) is 9.47 Å². The Kier molecular flexibility index (Phi) is 3.08. The van der Waals surface area contributed by atoms with E-state index in [0.717, 1.165) is 0 Å². The van der Waals surface area contributed by atoms with Gasteiger partial charge in [-0.25, -0.2) is 0 Å². The van der Waals surface area contributed by atoms with Crippen molar-refractivity contribution in [3.8, 4) is 0 Å². The molecule has 4 atom stereocenters. The fourth-order valence-corrected chi connectivity index (χ4v) is 1.56. The maximum absolute atomic E-state index is 9.89. The minimum atomic E-state index is -1.31. The molecule has 1 rings (SSSR count). The maximum Gasteiger partial charge on any atom is 0.186 e. The van der Waals surface area contributed by atoms with E-state index in [1.54, 1.807) is 0 Å². The molecule has 0 aromatic heterocycles. The Morgan fingerprint density at radius 1 is 1.69 bits per heavy atom. The van der Waals surface area contributed by atoms with E-state index < -0.39 is 18.0 Å². The van der Waals surface area contributed by atoms with Gasteiger partial charge in [-0.1, -0.05) is 6.08 Å². The first-order valence-electron chi connectivity index (χ1n) is 4.26. The van der Waals surface area contributed by atoms with Crippen LogP contribution in [-0.4, -0.2) is 41.4 Å². The number of ether oxygens (including phenoxy) is 2. The maximum atomic E-state index is 9.89. The van der Waals surface area contributed by atoms with Crippen LogP contribution in [0.5, 0.6) is 0 Å². The number of hydrogen-bond donors (Lipinski definition) is 2. The Bertz CT molecular complexity index is 194. The van der Waals surface area contributed by atoms with Gasteiger partial charge in [0.05, 0.1) is 6.10 Å². The van der Waals surface area contributed by atoms with Crippen LogP contribution < -0.4 is 0 Å². The fourth-order valence-electron chi connectivity index (χ4n) is 1.56. The molecule has 76 valence electrons. The normalized spacial score (nSPS) is 46.0. The number of aliphatic hydroxyl groups excluding tert-OH is 1. The lowest BCUT2D eigenvalue weighted by atomic mass is 9.87. The van der Waals surface area contributed by atoms with Crippen molar-refractivity contribution in [1.82, 2.24) is 0 Å². The number of rotatable bonds is 2. The van der Waals surface area contributed by atoms with Crippen LogP contribution in [0.3, 0.4) is 0 Å². The molecule has 1 fully saturated rings. The number of hydrogen-bond acceptors (Lipinski definition) is 4. The summed E-state index contributed by atoms with van der Waals surface area (Å²) in [5.41, 5.74) is -1.31. The summed E-state index contributed by atoms with van der Waals surface area (Å²) in [5, 5.41) is 19.5. The molecule has 1 saturated heterocycles. The number of methoxy groups -OCH3 is 1. The Balaban J connectivity index is 2.80. The molecule has 1 aliphatic heterocycles. The van der Waals surface area contributed by atoms with Crippen LogP contribution >= 0.6 is 0 Å². The van der Waals surface area contributed by atoms with E-state index in [0.29, 0.717) is 6.42 Å². The van der Waals surface area contributed by atoms with E-state index >= 15 is 0 Å². The molecule has 0 aliphatic carbocycles. The average molecular weight is 188 g/mol. The Labute approximate surface area is 77.8 Å². The predicted octanol–water partition coefficient (Wildman–Crippen LogP) is 0.0457. The summed E-state index contributed by atoms with van der Waals surface area (Å²) in [6.45, 7) is 5.30. The lowest BCUT2D eigenvalue weighted by Gasteiger charge is -2.41. The summed E-state index contributed by atoms with van der Waals surface area (Å²) < 4.78 is 10.2. The van der Waals surface area contributed by atoms with Gasteiger partial charge in [0.2, 0.25) is 0 Å². The highest BCUT2D eigenvalue weighted by molar-refractivity contribution is 5.05. The predicted molar refractivity (Wildman–Crippen MR) is 47.1 cm³/mol. The summed E-state index contributed by atoms with van der Waals surface area (Å²) in [7, 11) is 1.43. The molecule has 0 amide bonds. The first-order chi connectivity index (χ1) is 6.03. The van der Waals surface area contributed by atoms with Crippen LogP contribution in [0.4, 0.5) is 0 Å². The van der Waals surface area contributed by atoms with Crippen LogP contribution in [0.25, 0.3) is 0 Å². The second-order valence-corrected chi connectivity index (χ2v) is 3.40. The zero-order valence-corrected chi connectivity index (χ0v) is 7.93. The van der Waals surface area contributed by atoms with Crippen molar-refractivity contribution < 1.29 is 19.7 Å². The Hall–Kier alpha value is -0.420. The highest BCUT2D eigenvalue weighted by Crippen LogP contribution is 2.30. The van der Waals surface area contributed by atoms with Crippen LogP contribution in [0.1, 0.15) is 13.3 Å². The van der Waals surface area contributed by atoms with Crippen molar-refractivity contribution in [2.45, 2.75) is 37.4 Å². The summed E-state index contributed by atoms with van der Waals surface area (Å²) in [6, 6.07) is 0. The van der Waals surface area contributed by atoms with Gasteiger partial charge in [-0.05, 0) is 6.92 Å².